The molecular weight excluding hydrogens is 264 g/mol. The predicted octanol–water partition coefficient (Wildman–Crippen LogP) is 0.287. The second-order valence-corrected chi connectivity index (χ2v) is 5.03. The molecule has 1 saturated heterocycles. The van der Waals surface area contributed by atoms with Crippen molar-refractivity contribution in [2.24, 2.45) is 0 Å². The highest BCUT2D eigenvalue weighted by atomic mass is 16.7. The Labute approximate surface area is 119 Å². The molecule has 1 rings (SSSR count). The van der Waals surface area contributed by atoms with Crippen LogP contribution in [0.1, 0.15) is 39.5 Å². The van der Waals surface area contributed by atoms with Crippen LogP contribution in [0.5, 0.6) is 0 Å². The summed E-state index contributed by atoms with van der Waals surface area (Å²) in [6, 6.07) is 0. The summed E-state index contributed by atoms with van der Waals surface area (Å²) in [5.41, 5.74) is 0. The molecular formula is C14H26O6. The Balaban J connectivity index is 2.54. The highest BCUT2D eigenvalue weighted by Crippen LogP contribution is 2.27. The molecule has 6 nitrogen and oxygen atoms in total. The maximum atomic E-state index is 9.87. The lowest BCUT2D eigenvalue weighted by molar-refractivity contribution is -0.163. The van der Waals surface area contributed by atoms with Gasteiger partial charge in [-0.3, -0.25) is 0 Å². The summed E-state index contributed by atoms with van der Waals surface area (Å²) in [4.78, 5) is 0. The first kappa shape index (κ1) is 17.4. The zero-order valence-electron chi connectivity index (χ0n) is 12.1. The van der Waals surface area contributed by atoms with Crippen LogP contribution in [0.25, 0.3) is 0 Å². The van der Waals surface area contributed by atoms with E-state index < -0.39 is 37.3 Å². The molecule has 0 aromatic rings. The van der Waals surface area contributed by atoms with Gasteiger partial charge in [0.15, 0.2) is 0 Å². The number of rotatable bonds is 8. The topological polar surface area (TPSA) is 99.4 Å². The fraction of sp³-hybridized carbons (Fsp3) is 0.857. The maximum Gasteiger partial charge on any atom is 0.228 e. The van der Waals surface area contributed by atoms with Gasteiger partial charge in [0.1, 0.15) is 24.4 Å². The Bertz CT molecular complexity index is 306. The van der Waals surface area contributed by atoms with Crippen LogP contribution in [-0.4, -0.2) is 57.7 Å². The third kappa shape index (κ3) is 4.43. The molecule has 0 radical (unpaired) electrons. The predicted molar refractivity (Wildman–Crippen MR) is 72.8 cm³/mol. The average Bonchev–Trinajstić information content (AvgIpc) is 2.73. The Morgan fingerprint density at radius 3 is 2.55 bits per heavy atom. The third-order valence-corrected chi connectivity index (χ3v) is 3.44. The van der Waals surface area contributed by atoms with Crippen LogP contribution in [0.4, 0.5) is 0 Å². The number of unbranched alkanes of at least 4 members (excludes halogenated alkanes) is 2. The van der Waals surface area contributed by atoms with E-state index in [4.69, 9.17) is 14.6 Å². The summed E-state index contributed by atoms with van der Waals surface area (Å²) in [5, 5.41) is 38.0. The molecule has 5 atom stereocenters. The molecule has 0 amide bonds. The Morgan fingerprint density at radius 2 is 2.00 bits per heavy atom. The van der Waals surface area contributed by atoms with E-state index in [-0.39, 0.29) is 0 Å². The van der Waals surface area contributed by atoms with Crippen molar-refractivity contribution >= 4 is 0 Å². The smallest absolute Gasteiger partial charge is 0.228 e. The summed E-state index contributed by atoms with van der Waals surface area (Å²) in [6.45, 7) is 3.39. The monoisotopic (exact) mass is 290 g/mol. The second-order valence-electron chi connectivity index (χ2n) is 5.03. The average molecular weight is 290 g/mol. The first-order chi connectivity index (χ1) is 9.54. The van der Waals surface area contributed by atoms with Crippen LogP contribution in [0.15, 0.2) is 11.8 Å². The van der Waals surface area contributed by atoms with E-state index in [1.165, 1.54) is 0 Å². The van der Waals surface area contributed by atoms with Crippen LogP contribution >= 0.6 is 0 Å². The first-order valence-corrected chi connectivity index (χ1v) is 7.17. The fourth-order valence-corrected chi connectivity index (χ4v) is 2.16. The van der Waals surface area contributed by atoms with Crippen molar-refractivity contribution in [2.75, 3.05) is 6.61 Å². The lowest BCUT2D eigenvalue weighted by Gasteiger charge is -2.20. The number of ether oxygens (including phenoxy) is 2. The van der Waals surface area contributed by atoms with Gasteiger partial charge in [0.2, 0.25) is 6.29 Å². The van der Waals surface area contributed by atoms with Gasteiger partial charge in [-0.25, -0.2) is 0 Å². The quantitative estimate of drug-likeness (QED) is 0.379. The molecule has 118 valence electrons. The molecule has 0 aromatic heterocycles. The van der Waals surface area contributed by atoms with Gasteiger partial charge < -0.3 is 29.9 Å². The van der Waals surface area contributed by atoms with E-state index in [9.17, 15) is 15.3 Å². The summed E-state index contributed by atoms with van der Waals surface area (Å²) in [5.74, 6) is 0.689. The molecule has 0 aliphatic carbocycles. The van der Waals surface area contributed by atoms with Crippen LogP contribution in [0.3, 0.4) is 0 Å². The molecule has 1 fully saturated rings. The lowest BCUT2D eigenvalue weighted by atomic mass is 10.1. The highest BCUT2D eigenvalue weighted by Gasteiger charge is 2.47. The summed E-state index contributed by atoms with van der Waals surface area (Å²) in [6.07, 6.45) is -0.150. The van der Waals surface area contributed by atoms with Crippen LogP contribution in [0, 0.1) is 0 Å². The first-order valence-electron chi connectivity index (χ1n) is 7.17. The minimum Gasteiger partial charge on any atom is -0.467 e. The van der Waals surface area contributed by atoms with Crippen LogP contribution < -0.4 is 0 Å². The number of hydrogen-bond donors (Lipinski definition) is 4. The van der Waals surface area contributed by atoms with Crippen molar-refractivity contribution in [1.29, 1.82) is 0 Å². The second kappa shape index (κ2) is 8.59. The summed E-state index contributed by atoms with van der Waals surface area (Å²) >= 11 is 0. The van der Waals surface area contributed by atoms with Gasteiger partial charge in [0.25, 0.3) is 0 Å². The van der Waals surface area contributed by atoms with Crippen molar-refractivity contribution < 1.29 is 29.9 Å². The van der Waals surface area contributed by atoms with Gasteiger partial charge in [-0.1, -0.05) is 19.8 Å². The van der Waals surface area contributed by atoms with E-state index >= 15 is 0 Å². The molecule has 1 aliphatic heterocycles. The van der Waals surface area contributed by atoms with Crippen molar-refractivity contribution in [3.63, 3.8) is 0 Å². The summed E-state index contributed by atoms with van der Waals surface area (Å²) < 4.78 is 10.9. The SMILES string of the molecule is C/C=C(\CCCCC)O[C@@H]1O[C@H]([C@H](O)CO)[C@H](O)[C@H]1O. The normalized spacial score (nSPS) is 32.4. The van der Waals surface area contributed by atoms with E-state index in [1.54, 1.807) is 6.08 Å². The van der Waals surface area contributed by atoms with Crippen molar-refractivity contribution in [3.8, 4) is 0 Å². The molecule has 0 aromatic carbocycles. The number of allylic oxidation sites excluding steroid dienone is 2. The van der Waals surface area contributed by atoms with Gasteiger partial charge in [0, 0.05) is 6.42 Å². The van der Waals surface area contributed by atoms with Crippen molar-refractivity contribution in [3.05, 3.63) is 11.8 Å². The largest absolute Gasteiger partial charge is 0.467 e. The fourth-order valence-electron chi connectivity index (χ4n) is 2.16. The van der Waals surface area contributed by atoms with Gasteiger partial charge in [-0.2, -0.15) is 0 Å². The molecule has 0 saturated carbocycles. The van der Waals surface area contributed by atoms with E-state index in [0.717, 1.165) is 25.7 Å². The standard InChI is InChI=1S/C14H26O6/c1-3-5-6-7-9(4-2)19-14-12(18)11(17)13(20-14)10(16)8-15/h4,10-18H,3,5-8H2,1-2H3/b9-4+/t10-,11-,12-,13-,14-/m1/s1. The molecule has 0 bridgehead atoms. The molecule has 1 aliphatic rings. The van der Waals surface area contributed by atoms with Gasteiger partial charge >= 0.3 is 0 Å². The Kier molecular flexibility index (Phi) is 7.47. The van der Waals surface area contributed by atoms with Gasteiger partial charge in [-0.05, 0) is 19.4 Å². The third-order valence-electron chi connectivity index (χ3n) is 3.44. The zero-order chi connectivity index (χ0) is 15.1. The van der Waals surface area contributed by atoms with E-state index in [2.05, 4.69) is 6.92 Å². The molecule has 0 spiro atoms. The molecule has 0 unspecified atom stereocenters. The zero-order valence-corrected chi connectivity index (χ0v) is 12.1. The van der Waals surface area contributed by atoms with Crippen LogP contribution in [-0.2, 0) is 9.47 Å². The molecule has 6 heteroatoms. The van der Waals surface area contributed by atoms with Gasteiger partial charge in [0.05, 0.1) is 12.4 Å². The Hall–Kier alpha value is -0.660. The van der Waals surface area contributed by atoms with Crippen LogP contribution in [0.2, 0.25) is 0 Å². The van der Waals surface area contributed by atoms with E-state index in [1.807, 2.05) is 6.92 Å². The molecule has 20 heavy (non-hydrogen) atoms. The van der Waals surface area contributed by atoms with E-state index in [0.29, 0.717) is 5.76 Å². The van der Waals surface area contributed by atoms with Crippen molar-refractivity contribution in [1.82, 2.24) is 0 Å². The lowest BCUT2D eigenvalue weighted by Crippen LogP contribution is -2.40. The summed E-state index contributed by atoms with van der Waals surface area (Å²) in [7, 11) is 0. The minimum absolute atomic E-state index is 0.547. The number of hydrogen-bond acceptors (Lipinski definition) is 6. The van der Waals surface area contributed by atoms with Crippen molar-refractivity contribution in [2.45, 2.75) is 70.2 Å². The number of aliphatic hydroxyl groups is 4. The number of aliphatic hydroxyl groups excluding tert-OH is 4. The van der Waals surface area contributed by atoms with Gasteiger partial charge in [-0.15, -0.1) is 0 Å². The molecule has 1 heterocycles. The maximum absolute atomic E-state index is 9.87. The minimum atomic E-state index is -1.28. The highest BCUT2D eigenvalue weighted by molar-refractivity contribution is 4.96. The molecule has 4 N–H and O–H groups in total. The Morgan fingerprint density at radius 1 is 1.30 bits per heavy atom.